The molecule has 6 heteroatoms. The van der Waals surface area contributed by atoms with Crippen LogP contribution in [0.25, 0.3) is 0 Å². The summed E-state index contributed by atoms with van der Waals surface area (Å²) in [4.78, 5) is 8.43. The Morgan fingerprint density at radius 1 is 1.04 bits per heavy atom. The van der Waals surface area contributed by atoms with Gasteiger partial charge in [0.25, 0.3) is 0 Å². The molecule has 0 bridgehead atoms. The SMILES string of the molecule is COc1ccc(OC)c(CN2CCN(c3cccc(F)n3)CC2)c1. The van der Waals surface area contributed by atoms with Crippen molar-refractivity contribution < 1.29 is 13.9 Å². The molecule has 1 aromatic carbocycles. The van der Waals surface area contributed by atoms with Crippen molar-refractivity contribution >= 4 is 5.82 Å². The Labute approximate surface area is 141 Å². The molecule has 0 radical (unpaired) electrons. The third-order valence-corrected chi connectivity index (χ3v) is 4.28. The van der Waals surface area contributed by atoms with Crippen LogP contribution in [-0.4, -0.2) is 50.3 Å². The summed E-state index contributed by atoms with van der Waals surface area (Å²) in [7, 11) is 3.34. The number of ether oxygens (including phenoxy) is 2. The van der Waals surface area contributed by atoms with Crippen LogP contribution in [0.3, 0.4) is 0 Å². The van der Waals surface area contributed by atoms with Gasteiger partial charge >= 0.3 is 0 Å². The lowest BCUT2D eigenvalue weighted by Crippen LogP contribution is -2.46. The van der Waals surface area contributed by atoms with Crippen LogP contribution in [0.2, 0.25) is 0 Å². The molecule has 24 heavy (non-hydrogen) atoms. The summed E-state index contributed by atoms with van der Waals surface area (Å²) in [6.45, 7) is 4.22. The molecule has 0 aliphatic carbocycles. The van der Waals surface area contributed by atoms with Gasteiger partial charge in [0.15, 0.2) is 0 Å². The number of benzene rings is 1. The number of aromatic nitrogens is 1. The number of piperazine rings is 1. The van der Waals surface area contributed by atoms with Crippen molar-refractivity contribution in [1.29, 1.82) is 0 Å². The van der Waals surface area contributed by atoms with E-state index in [4.69, 9.17) is 9.47 Å². The molecule has 2 heterocycles. The zero-order valence-corrected chi connectivity index (χ0v) is 14.0. The molecule has 0 N–H and O–H groups in total. The van der Waals surface area contributed by atoms with E-state index in [0.717, 1.165) is 49.8 Å². The van der Waals surface area contributed by atoms with Crippen LogP contribution in [0.15, 0.2) is 36.4 Å². The molecule has 128 valence electrons. The topological polar surface area (TPSA) is 37.8 Å². The molecular weight excluding hydrogens is 309 g/mol. The van der Waals surface area contributed by atoms with E-state index < -0.39 is 5.95 Å². The average molecular weight is 331 g/mol. The van der Waals surface area contributed by atoms with Gasteiger partial charge in [0, 0.05) is 38.3 Å². The molecule has 0 atom stereocenters. The van der Waals surface area contributed by atoms with Crippen LogP contribution < -0.4 is 14.4 Å². The number of hydrogen-bond donors (Lipinski definition) is 0. The number of pyridine rings is 1. The third kappa shape index (κ3) is 3.76. The van der Waals surface area contributed by atoms with Crippen molar-refractivity contribution in [2.24, 2.45) is 0 Å². The van der Waals surface area contributed by atoms with E-state index in [0.29, 0.717) is 5.82 Å². The number of rotatable bonds is 5. The maximum Gasteiger partial charge on any atom is 0.214 e. The van der Waals surface area contributed by atoms with E-state index in [2.05, 4.69) is 14.8 Å². The number of methoxy groups -OCH3 is 2. The monoisotopic (exact) mass is 331 g/mol. The molecule has 0 saturated carbocycles. The maximum absolute atomic E-state index is 13.3. The fraction of sp³-hybridized carbons (Fsp3) is 0.389. The maximum atomic E-state index is 13.3. The third-order valence-electron chi connectivity index (χ3n) is 4.28. The lowest BCUT2D eigenvalue weighted by atomic mass is 10.1. The second-order valence-corrected chi connectivity index (χ2v) is 5.76. The lowest BCUT2D eigenvalue weighted by Gasteiger charge is -2.35. The zero-order valence-electron chi connectivity index (χ0n) is 14.0. The van der Waals surface area contributed by atoms with E-state index in [-0.39, 0.29) is 0 Å². The van der Waals surface area contributed by atoms with Crippen LogP contribution >= 0.6 is 0 Å². The Balaban J connectivity index is 1.63. The van der Waals surface area contributed by atoms with Crippen molar-refractivity contribution in [2.45, 2.75) is 6.54 Å². The first-order chi connectivity index (χ1) is 11.7. The van der Waals surface area contributed by atoms with Gasteiger partial charge in [-0.15, -0.1) is 0 Å². The Morgan fingerprint density at radius 3 is 2.50 bits per heavy atom. The van der Waals surface area contributed by atoms with Crippen molar-refractivity contribution in [3.63, 3.8) is 0 Å². The Hall–Kier alpha value is -2.34. The van der Waals surface area contributed by atoms with Crippen LogP contribution in [0.4, 0.5) is 10.2 Å². The van der Waals surface area contributed by atoms with E-state index in [1.807, 2.05) is 24.3 Å². The van der Waals surface area contributed by atoms with E-state index in [9.17, 15) is 4.39 Å². The normalized spacial score (nSPS) is 15.4. The first-order valence-electron chi connectivity index (χ1n) is 8.00. The van der Waals surface area contributed by atoms with Gasteiger partial charge < -0.3 is 14.4 Å². The lowest BCUT2D eigenvalue weighted by molar-refractivity contribution is 0.245. The van der Waals surface area contributed by atoms with Gasteiger partial charge in [0.1, 0.15) is 17.3 Å². The molecule has 0 unspecified atom stereocenters. The minimum Gasteiger partial charge on any atom is -0.497 e. The summed E-state index contributed by atoms with van der Waals surface area (Å²) in [6.07, 6.45) is 0. The van der Waals surface area contributed by atoms with Crippen molar-refractivity contribution in [2.75, 3.05) is 45.3 Å². The van der Waals surface area contributed by atoms with Crippen molar-refractivity contribution in [1.82, 2.24) is 9.88 Å². The van der Waals surface area contributed by atoms with E-state index in [1.54, 1.807) is 20.3 Å². The molecule has 5 nitrogen and oxygen atoms in total. The van der Waals surface area contributed by atoms with E-state index in [1.165, 1.54) is 6.07 Å². The van der Waals surface area contributed by atoms with Gasteiger partial charge in [-0.2, -0.15) is 4.39 Å². The minimum atomic E-state index is -0.434. The summed E-state index contributed by atoms with van der Waals surface area (Å²) in [5, 5.41) is 0. The predicted octanol–water partition coefficient (Wildman–Crippen LogP) is 2.56. The van der Waals surface area contributed by atoms with Crippen LogP contribution in [0.5, 0.6) is 11.5 Å². The van der Waals surface area contributed by atoms with Crippen LogP contribution in [0.1, 0.15) is 5.56 Å². The van der Waals surface area contributed by atoms with Crippen LogP contribution in [0, 0.1) is 5.95 Å². The zero-order chi connectivity index (χ0) is 16.9. The average Bonchev–Trinajstić information content (AvgIpc) is 2.62. The molecule has 2 aromatic rings. The van der Waals surface area contributed by atoms with Crippen LogP contribution in [-0.2, 0) is 6.54 Å². The fourth-order valence-corrected chi connectivity index (χ4v) is 2.96. The number of anilines is 1. The fourth-order valence-electron chi connectivity index (χ4n) is 2.96. The quantitative estimate of drug-likeness (QED) is 0.787. The van der Waals surface area contributed by atoms with Crippen molar-refractivity contribution in [3.8, 4) is 11.5 Å². The molecular formula is C18H22FN3O2. The number of nitrogens with zero attached hydrogens (tertiary/aromatic N) is 3. The van der Waals surface area contributed by atoms with Gasteiger partial charge in [-0.25, -0.2) is 4.98 Å². The Morgan fingerprint density at radius 2 is 1.83 bits per heavy atom. The highest BCUT2D eigenvalue weighted by atomic mass is 19.1. The van der Waals surface area contributed by atoms with E-state index >= 15 is 0 Å². The molecule has 1 aliphatic heterocycles. The second-order valence-electron chi connectivity index (χ2n) is 5.76. The van der Waals surface area contributed by atoms with Crippen molar-refractivity contribution in [3.05, 3.63) is 47.9 Å². The second kappa shape index (κ2) is 7.49. The first-order valence-corrected chi connectivity index (χ1v) is 8.00. The van der Waals surface area contributed by atoms with Gasteiger partial charge in [-0.3, -0.25) is 4.90 Å². The van der Waals surface area contributed by atoms with Gasteiger partial charge in [0.05, 0.1) is 14.2 Å². The predicted molar refractivity (Wildman–Crippen MR) is 91.2 cm³/mol. The smallest absolute Gasteiger partial charge is 0.214 e. The minimum absolute atomic E-state index is 0.434. The summed E-state index contributed by atoms with van der Waals surface area (Å²) >= 11 is 0. The molecule has 0 spiro atoms. The Kier molecular flexibility index (Phi) is 5.15. The highest BCUT2D eigenvalue weighted by molar-refractivity contribution is 5.41. The molecule has 1 saturated heterocycles. The summed E-state index contributed by atoms with van der Waals surface area (Å²) < 4.78 is 24.0. The number of halogens is 1. The highest BCUT2D eigenvalue weighted by Gasteiger charge is 2.19. The molecule has 1 aliphatic rings. The Bertz CT molecular complexity index is 688. The standard InChI is InChI=1S/C18H22FN3O2/c1-23-15-6-7-16(24-2)14(12-15)13-21-8-10-22(11-9-21)18-5-3-4-17(19)20-18/h3-7,12H,8-11,13H2,1-2H3. The molecule has 1 fully saturated rings. The molecule has 3 rings (SSSR count). The largest absolute Gasteiger partial charge is 0.497 e. The highest BCUT2D eigenvalue weighted by Crippen LogP contribution is 2.26. The summed E-state index contributed by atoms with van der Waals surface area (Å²) in [6, 6.07) is 10.8. The first kappa shape index (κ1) is 16.5. The van der Waals surface area contributed by atoms with Gasteiger partial charge in [-0.1, -0.05) is 6.07 Å². The number of hydrogen-bond acceptors (Lipinski definition) is 5. The van der Waals surface area contributed by atoms with Gasteiger partial charge in [-0.05, 0) is 30.3 Å². The van der Waals surface area contributed by atoms with Gasteiger partial charge in [0.2, 0.25) is 5.95 Å². The summed E-state index contributed by atoms with van der Waals surface area (Å²) in [5.41, 5.74) is 1.11. The summed E-state index contributed by atoms with van der Waals surface area (Å²) in [5.74, 6) is 1.96. The molecule has 0 amide bonds. The molecule has 1 aromatic heterocycles.